The van der Waals surface area contributed by atoms with Crippen molar-refractivity contribution in [1.82, 2.24) is 9.88 Å². The van der Waals surface area contributed by atoms with Gasteiger partial charge in [-0.3, -0.25) is 0 Å². The number of pyridine rings is 1. The lowest BCUT2D eigenvalue weighted by atomic mass is 10.2. The van der Waals surface area contributed by atoms with Gasteiger partial charge < -0.3 is 9.80 Å². The standard InChI is InChI=1S/C18H17N5O2S/c19-13-14-5-3-8-17(20-14)22-9-4-10-23(12-11-22)18-15-6-1-2-7-16(15)26(24,25)21-18/h1-3,5-8H,4,9-12H2. The largest absolute Gasteiger partial charge is 0.355 e. The number of benzene rings is 1. The summed E-state index contributed by atoms with van der Waals surface area (Å²) in [6.45, 7) is 2.83. The third kappa shape index (κ3) is 2.91. The number of anilines is 1. The van der Waals surface area contributed by atoms with Gasteiger partial charge in [0.15, 0.2) is 5.84 Å². The molecule has 1 fully saturated rings. The maximum atomic E-state index is 12.3. The van der Waals surface area contributed by atoms with Gasteiger partial charge in [-0.05, 0) is 30.7 Å². The molecule has 1 saturated heterocycles. The van der Waals surface area contributed by atoms with Crippen LogP contribution in [-0.2, 0) is 10.0 Å². The Balaban J connectivity index is 1.58. The smallest absolute Gasteiger partial charge is 0.285 e. The van der Waals surface area contributed by atoms with Crippen molar-refractivity contribution in [2.45, 2.75) is 11.3 Å². The predicted molar refractivity (Wildman–Crippen MR) is 97.5 cm³/mol. The Hall–Kier alpha value is -2.92. The van der Waals surface area contributed by atoms with Gasteiger partial charge in [-0.15, -0.1) is 4.40 Å². The van der Waals surface area contributed by atoms with Gasteiger partial charge >= 0.3 is 0 Å². The molecule has 0 aliphatic carbocycles. The Bertz CT molecular complexity index is 1030. The van der Waals surface area contributed by atoms with E-state index in [0.29, 0.717) is 30.2 Å². The normalized spacial score (nSPS) is 18.7. The molecule has 1 aromatic carbocycles. The molecule has 8 heteroatoms. The van der Waals surface area contributed by atoms with Crippen LogP contribution >= 0.6 is 0 Å². The Labute approximate surface area is 152 Å². The van der Waals surface area contributed by atoms with Crippen LogP contribution < -0.4 is 4.90 Å². The summed E-state index contributed by atoms with van der Waals surface area (Å²) >= 11 is 0. The topological polar surface area (TPSA) is 89.7 Å². The van der Waals surface area contributed by atoms with Crippen molar-refractivity contribution < 1.29 is 8.42 Å². The zero-order valence-corrected chi connectivity index (χ0v) is 14.9. The van der Waals surface area contributed by atoms with Gasteiger partial charge in [0.1, 0.15) is 22.5 Å². The second-order valence-corrected chi connectivity index (χ2v) is 7.78. The minimum atomic E-state index is -3.61. The SMILES string of the molecule is N#Cc1cccc(N2CCCN(C3=NS(=O)(=O)c4ccccc43)CC2)n1. The molecule has 0 amide bonds. The van der Waals surface area contributed by atoms with Crippen molar-refractivity contribution in [3.05, 3.63) is 53.7 Å². The first kappa shape index (κ1) is 16.5. The van der Waals surface area contributed by atoms with E-state index in [4.69, 9.17) is 5.26 Å². The molecular formula is C18H17N5O2S. The van der Waals surface area contributed by atoms with E-state index in [1.807, 2.05) is 23.1 Å². The van der Waals surface area contributed by atoms with Crippen molar-refractivity contribution in [2.75, 3.05) is 31.1 Å². The lowest BCUT2D eigenvalue weighted by molar-refractivity contribution is 0.449. The first-order valence-electron chi connectivity index (χ1n) is 8.40. The number of hydrogen-bond donors (Lipinski definition) is 0. The summed E-state index contributed by atoms with van der Waals surface area (Å²) in [6, 6.07) is 14.4. The number of sulfonamides is 1. The molecule has 0 atom stereocenters. The van der Waals surface area contributed by atoms with Crippen molar-refractivity contribution in [3.8, 4) is 6.07 Å². The Morgan fingerprint density at radius 1 is 0.962 bits per heavy atom. The molecule has 0 bridgehead atoms. The van der Waals surface area contributed by atoms with Crippen LogP contribution in [0.4, 0.5) is 5.82 Å². The summed E-state index contributed by atoms with van der Waals surface area (Å²) in [5.74, 6) is 1.30. The quantitative estimate of drug-likeness (QED) is 0.761. The van der Waals surface area contributed by atoms with E-state index in [9.17, 15) is 8.42 Å². The van der Waals surface area contributed by atoms with Crippen LogP contribution in [0.3, 0.4) is 0 Å². The molecule has 2 aliphatic heterocycles. The average molecular weight is 367 g/mol. The Morgan fingerprint density at radius 2 is 1.73 bits per heavy atom. The molecule has 1 aromatic heterocycles. The van der Waals surface area contributed by atoms with Crippen LogP contribution in [0, 0.1) is 11.3 Å². The number of nitriles is 1. The minimum Gasteiger partial charge on any atom is -0.355 e. The van der Waals surface area contributed by atoms with E-state index in [-0.39, 0.29) is 4.90 Å². The maximum absolute atomic E-state index is 12.3. The highest BCUT2D eigenvalue weighted by Crippen LogP contribution is 2.28. The van der Waals surface area contributed by atoms with Crippen LogP contribution in [0.25, 0.3) is 0 Å². The van der Waals surface area contributed by atoms with Crippen LogP contribution in [0.2, 0.25) is 0 Å². The molecule has 0 N–H and O–H groups in total. The first-order chi connectivity index (χ1) is 12.6. The van der Waals surface area contributed by atoms with Crippen molar-refractivity contribution in [3.63, 3.8) is 0 Å². The number of amidine groups is 1. The molecule has 3 heterocycles. The molecule has 2 aliphatic rings. The fraction of sp³-hybridized carbons (Fsp3) is 0.278. The lowest BCUT2D eigenvalue weighted by Gasteiger charge is -2.24. The molecule has 0 spiro atoms. The van der Waals surface area contributed by atoms with E-state index in [1.54, 1.807) is 24.3 Å². The van der Waals surface area contributed by atoms with E-state index >= 15 is 0 Å². The minimum absolute atomic E-state index is 0.277. The van der Waals surface area contributed by atoms with Gasteiger partial charge in [0.2, 0.25) is 0 Å². The molecule has 132 valence electrons. The van der Waals surface area contributed by atoms with Crippen molar-refractivity contribution >= 4 is 21.7 Å². The van der Waals surface area contributed by atoms with Crippen LogP contribution in [0.5, 0.6) is 0 Å². The molecule has 0 saturated carbocycles. The van der Waals surface area contributed by atoms with E-state index < -0.39 is 10.0 Å². The molecule has 26 heavy (non-hydrogen) atoms. The van der Waals surface area contributed by atoms with Crippen LogP contribution in [0.15, 0.2) is 51.8 Å². The first-order valence-corrected chi connectivity index (χ1v) is 9.84. The number of nitrogens with zero attached hydrogens (tertiary/aromatic N) is 5. The zero-order valence-electron chi connectivity index (χ0n) is 14.0. The van der Waals surface area contributed by atoms with Gasteiger partial charge in [-0.2, -0.15) is 13.7 Å². The van der Waals surface area contributed by atoms with E-state index in [2.05, 4.69) is 20.4 Å². The van der Waals surface area contributed by atoms with Crippen LogP contribution in [-0.4, -0.2) is 50.3 Å². The highest BCUT2D eigenvalue weighted by Gasteiger charge is 2.32. The highest BCUT2D eigenvalue weighted by molar-refractivity contribution is 7.90. The molecule has 0 radical (unpaired) electrons. The van der Waals surface area contributed by atoms with Gasteiger partial charge in [0.25, 0.3) is 10.0 Å². The number of fused-ring (bicyclic) bond motifs is 1. The third-order valence-electron chi connectivity index (χ3n) is 4.58. The molecule has 0 unspecified atom stereocenters. The second kappa shape index (κ2) is 6.42. The summed E-state index contributed by atoms with van der Waals surface area (Å²) < 4.78 is 28.6. The van der Waals surface area contributed by atoms with Crippen molar-refractivity contribution in [2.24, 2.45) is 4.40 Å². The fourth-order valence-corrected chi connectivity index (χ4v) is 4.56. The van der Waals surface area contributed by atoms with E-state index in [1.165, 1.54) is 0 Å². The maximum Gasteiger partial charge on any atom is 0.285 e. The fourth-order valence-electron chi connectivity index (χ4n) is 3.34. The highest BCUT2D eigenvalue weighted by atomic mass is 32.2. The van der Waals surface area contributed by atoms with Gasteiger partial charge in [-0.1, -0.05) is 18.2 Å². The Morgan fingerprint density at radius 3 is 2.58 bits per heavy atom. The predicted octanol–water partition coefficient (Wildman–Crippen LogP) is 1.61. The monoisotopic (exact) mass is 367 g/mol. The second-order valence-electron chi connectivity index (χ2n) is 6.21. The number of hydrogen-bond acceptors (Lipinski definition) is 6. The van der Waals surface area contributed by atoms with Crippen LogP contribution in [0.1, 0.15) is 17.7 Å². The van der Waals surface area contributed by atoms with Gasteiger partial charge in [0, 0.05) is 31.7 Å². The molecule has 7 nitrogen and oxygen atoms in total. The molecule has 2 aromatic rings. The summed E-state index contributed by atoms with van der Waals surface area (Å²) in [4.78, 5) is 8.78. The van der Waals surface area contributed by atoms with Gasteiger partial charge in [-0.25, -0.2) is 4.98 Å². The summed E-state index contributed by atoms with van der Waals surface area (Å²) in [5.41, 5.74) is 1.06. The van der Waals surface area contributed by atoms with Crippen molar-refractivity contribution in [1.29, 1.82) is 5.26 Å². The molecular weight excluding hydrogens is 350 g/mol. The molecule has 4 rings (SSSR count). The average Bonchev–Trinajstić information content (AvgIpc) is 2.81. The summed E-state index contributed by atoms with van der Waals surface area (Å²) in [5, 5.41) is 9.03. The summed E-state index contributed by atoms with van der Waals surface area (Å²) in [6.07, 6.45) is 0.847. The number of aromatic nitrogens is 1. The zero-order chi connectivity index (χ0) is 18.1. The Kier molecular flexibility index (Phi) is 4.09. The summed E-state index contributed by atoms with van der Waals surface area (Å²) in [7, 11) is -3.61. The number of rotatable bonds is 1. The lowest BCUT2D eigenvalue weighted by Crippen LogP contribution is -2.35. The van der Waals surface area contributed by atoms with Gasteiger partial charge in [0.05, 0.1) is 0 Å². The van der Waals surface area contributed by atoms with E-state index in [0.717, 1.165) is 25.3 Å². The third-order valence-corrected chi connectivity index (χ3v) is 5.91.